The Bertz CT molecular complexity index is 798. The summed E-state index contributed by atoms with van der Waals surface area (Å²) in [4.78, 5) is 4.20. The molecule has 0 amide bonds. The summed E-state index contributed by atoms with van der Waals surface area (Å²) in [6, 6.07) is 10.6. The first kappa shape index (κ1) is 18.5. The summed E-state index contributed by atoms with van der Waals surface area (Å²) >= 11 is 5.99. The molecule has 0 aliphatic carbocycles. The molecule has 0 radical (unpaired) electrons. The maximum atomic E-state index is 13.8. The lowest BCUT2D eigenvalue weighted by Gasteiger charge is -2.21. The molecule has 0 unspecified atom stereocenters. The van der Waals surface area contributed by atoms with Gasteiger partial charge in [0, 0.05) is 30.7 Å². The molecule has 0 atom stereocenters. The van der Waals surface area contributed by atoms with E-state index in [2.05, 4.69) is 15.6 Å². The van der Waals surface area contributed by atoms with Gasteiger partial charge in [0.1, 0.15) is 11.6 Å². The molecule has 3 rings (SSSR count). The Morgan fingerprint density at radius 2 is 2.15 bits per heavy atom. The highest BCUT2D eigenvalue weighted by molar-refractivity contribution is 6.30. The lowest BCUT2D eigenvalue weighted by atomic mass is 10.1. The van der Waals surface area contributed by atoms with Crippen molar-refractivity contribution in [3.8, 4) is 5.75 Å². The summed E-state index contributed by atoms with van der Waals surface area (Å²) in [7, 11) is 1.71. The van der Waals surface area contributed by atoms with E-state index in [-0.39, 0.29) is 12.6 Å². The van der Waals surface area contributed by atoms with Crippen molar-refractivity contribution in [2.75, 3.05) is 20.4 Å². The molecule has 7 heteroatoms. The number of nitrogens with zero attached hydrogens (tertiary/aromatic N) is 1. The molecule has 0 fully saturated rings. The molecule has 2 aromatic carbocycles. The fourth-order valence-corrected chi connectivity index (χ4v) is 3.02. The van der Waals surface area contributed by atoms with Gasteiger partial charge in [0.2, 0.25) is 0 Å². The summed E-state index contributed by atoms with van der Waals surface area (Å²) in [5, 5.41) is 7.15. The van der Waals surface area contributed by atoms with E-state index in [1.807, 2.05) is 24.3 Å². The van der Waals surface area contributed by atoms with Crippen LogP contribution in [0.5, 0.6) is 5.75 Å². The summed E-state index contributed by atoms with van der Waals surface area (Å²) in [6.07, 6.45) is 0.609. The Balaban J connectivity index is 1.54. The molecular formula is C19H21ClFN3O2. The molecule has 0 bridgehead atoms. The number of ether oxygens (including phenoxy) is 2. The van der Waals surface area contributed by atoms with Gasteiger partial charge in [-0.3, -0.25) is 4.99 Å². The summed E-state index contributed by atoms with van der Waals surface area (Å²) in [5.41, 5.74) is 2.63. The van der Waals surface area contributed by atoms with E-state index in [1.165, 1.54) is 12.1 Å². The first-order valence-corrected chi connectivity index (χ1v) is 8.74. The summed E-state index contributed by atoms with van der Waals surface area (Å²) < 4.78 is 24.5. The molecule has 138 valence electrons. The molecule has 0 aromatic heterocycles. The van der Waals surface area contributed by atoms with Gasteiger partial charge in [-0.05, 0) is 41.8 Å². The van der Waals surface area contributed by atoms with Crippen molar-refractivity contribution in [1.29, 1.82) is 0 Å². The first-order chi connectivity index (χ1) is 12.7. The zero-order chi connectivity index (χ0) is 18.4. The highest BCUT2D eigenvalue weighted by atomic mass is 35.5. The van der Waals surface area contributed by atoms with Crippen molar-refractivity contribution in [2.45, 2.75) is 19.6 Å². The van der Waals surface area contributed by atoms with Gasteiger partial charge < -0.3 is 20.1 Å². The topological polar surface area (TPSA) is 54.9 Å². The maximum Gasteiger partial charge on any atom is 0.191 e. The van der Waals surface area contributed by atoms with Gasteiger partial charge >= 0.3 is 0 Å². The van der Waals surface area contributed by atoms with Crippen LogP contribution in [0.1, 0.15) is 16.7 Å². The molecule has 0 spiro atoms. The van der Waals surface area contributed by atoms with Crippen LogP contribution in [0.3, 0.4) is 0 Å². The third kappa shape index (κ3) is 4.86. The molecule has 1 aliphatic heterocycles. The Labute approximate surface area is 157 Å². The van der Waals surface area contributed by atoms with Gasteiger partial charge in [0.05, 0.1) is 6.61 Å². The quantitative estimate of drug-likeness (QED) is 0.620. The van der Waals surface area contributed by atoms with E-state index < -0.39 is 0 Å². The van der Waals surface area contributed by atoms with Gasteiger partial charge in [-0.2, -0.15) is 0 Å². The standard InChI is InChI=1S/C19H21ClFN3O2/c1-22-19(24-10-13-3-2-4-16(20)7-13)23-6-5-14-8-17(21)9-15-11-25-12-26-18(14)15/h2-4,7-9H,5-6,10-12H2,1H3,(H2,22,23,24). The van der Waals surface area contributed by atoms with Gasteiger partial charge in [0.15, 0.2) is 12.8 Å². The number of nitrogens with one attached hydrogen (secondary N) is 2. The van der Waals surface area contributed by atoms with Crippen LogP contribution in [-0.2, 0) is 24.3 Å². The van der Waals surface area contributed by atoms with Crippen molar-refractivity contribution in [1.82, 2.24) is 10.6 Å². The first-order valence-electron chi connectivity index (χ1n) is 8.36. The van der Waals surface area contributed by atoms with Crippen molar-refractivity contribution in [3.05, 3.63) is 63.9 Å². The predicted octanol–water partition coefficient (Wildman–Crippen LogP) is 3.25. The van der Waals surface area contributed by atoms with Crippen molar-refractivity contribution in [2.24, 2.45) is 4.99 Å². The molecular weight excluding hydrogens is 357 g/mol. The molecule has 2 aromatic rings. The SMILES string of the molecule is CN=C(NCCc1cc(F)cc2c1OCOC2)NCc1cccc(Cl)c1. The van der Waals surface area contributed by atoms with E-state index in [0.717, 1.165) is 22.4 Å². The van der Waals surface area contributed by atoms with Crippen LogP contribution in [0, 0.1) is 5.82 Å². The summed E-state index contributed by atoms with van der Waals surface area (Å²) in [5.74, 6) is 1.11. The predicted molar refractivity (Wildman–Crippen MR) is 100 cm³/mol. The van der Waals surface area contributed by atoms with Crippen molar-refractivity contribution < 1.29 is 13.9 Å². The fourth-order valence-electron chi connectivity index (χ4n) is 2.81. The Kier molecular flexibility index (Phi) is 6.30. The zero-order valence-electron chi connectivity index (χ0n) is 14.5. The molecule has 26 heavy (non-hydrogen) atoms. The van der Waals surface area contributed by atoms with Crippen LogP contribution in [-0.4, -0.2) is 26.3 Å². The van der Waals surface area contributed by atoms with Crippen LogP contribution in [0.2, 0.25) is 5.02 Å². The number of hydrogen-bond donors (Lipinski definition) is 2. The van der Waals surface area contributed by atoms with Crippen LogP contribution < -0.4 is 15.4 Å². The lowest BCUT2D eigenvalue weighted by molar-refractivity contribution is -0.0172. The summed E-state index contributed by atoms with van der Waals surface area (Å²) in [6.45, 7) is 1.77. The molecule has 1 heterocycles. The minimum absolute atomic E-state index is 0.196. The minimum atomic E-state index is -0.281. The Hall–Kier alpha value is -2.31. The van der Waals surface area contributed by atoms with Crippen LogP contribution in [0.25, 0.3) is 0 Å². The maximum absolute atomic E-state index is 13.8. The van der Waals surface area contributed by atoms with Crippen LogP contribution >= 0.6 is 11.6 Å². The van der Waals surface area contributed by atoms with E-state index >= 15 is 0 Å². The third-order valence-electron chi connectivity index (χ3n) is 4.01. The van der Waals surface area contributed by atoms with Gasteiger partial charge in [-0.15, -0.1) is 0 Å². The fraction of sp³-hybridized carbons (Fsp3) is 0.316. The number of guanidine groups is 1. The van der Waals surface area contributed by atoms with E-state index in [9.17, 15) is 4.39 Å². The lowest BCUT2D eigenvalue weighted by Crippen LogP contribution is -2.37. The van der Waals surface area contributed by atoms with Crippen molar-refractivity contribution in [3.63, 3.8) is 0 Å². The zero-order valence-corrected chi connectivity index (χ0v) is 15.3. The molecule has 2 N–H and O–H groups in total. The highest BCUT2D eigenvalue weighted by Gasteiger charge is 2.16. The number of aliphatic imine (C=N–C) groups is 1. The van der Waals surface area contributed by atoms with E-state index in [0.29, 0.717) is 37.1 Å². The third-order valence-corrected chi connectivity index (χ3v) is 4.25. The van der Waals surface area contributed by atoms with Gasteiger partial charge in [0.25, 0.3) is 0 Å². The second-order valence-corrected chi connectivity index (χ2v) is 6.33. The second kappa shape index (κ2) is 8.87. The molecule has 5 nitrogen and oxygen atoms in total. The number of fused-ring (bicyclic) bond motifs is 1. The number of rotatable bonds is 5. The average molecular weight is 378 g/mol. The Morgan fingerprint density at radius 3 is 2.96 bits per heavy atom. The smallest absolute Gasteiger partial charge is 0.191 e. The van der Waals surface area contributed by atoms with E-state index in [4.69, 9.17) is 21.1 Å². The molecule has 1 aliphatic rings. The van der Waals surface area contributed by atoms with Crippen LogP contribution in [0.4, 0.5) is 4.39 Å². The average Bonchev–Trinajstić information content (AvgIpc) is 2.64. The second-order valence-electron chi connectivity index (χ2n) is 5.90. The van der Waals surface area contributed by atoms with Crippen LogP contribution in [0.15, 0.2) is 41.4 Å². The van der Waals surface area contributed by atoms with Gasteiger partial charge in [-0.1, -0.05) is 23.7 Å². The molecule has 0 saturated carbocycles. The minimum Gasteiger partial charge on any atom is -0.467 e. The normalized spacial score (nSPS) is 13.7. The number of hydrogen-bond acceptors (Lipinski definition) is 3. The molecule has 0 saturated heterocycles. The monoisotopic (exact) mass is 377 g/mol. The Morgan fingerprint density at radius 1 is 1.27 bits per heavy atom. The van der Waals surface area contributed by atoms with E-state index in [1.54, 1.807) is 7.05 Å². The van der Waals surface area contributed by atoms with Crippen molar-refractivity contribution >= 4 is 17.6 Å². The van der Waals surface area contributed by atoms with Gasteiger partial charge in [-0.25, -0.2) is 4.39 Å². The highest BCUT2D eigenvalue weighted by Crippen LogP contribution is 2.29. The number of benzene rings is 2. The number of halogens is 2. The largest absolute Gasteiger partial charge is 0.467 e.